The fraction of sp³-hybridized carbons (Fsp3) is 1.00. The predicted molar refractivity (Wildman–Crippen MR) is 74.3 cm³/mol. The highest BCUT2D eigenvalue weighted by molar-refractivity contribution is 6.15. The summed E-state index contributed by atoms with van der Waals surface area (Å²) in [6, 6.07) is 0. The highest BCUT2D eigenvalue weighted by atomic mass is 16.8. The molecule has 0 aromatic rings. The number of rotatable bonds is 5. The van der Waals surface area contributed by atoms with Crippen LogP contribution in [-0.2, 0) is 9.47 Å². The maximum Gasteiger partial charge on any atom is 0.305 e. The Bertz CT molecular complexity index is 383. The molecular weight excluding hydrogens is 279 g/mol. The second-order valence-electron chi connectivity index (χ2n) is 6.86. The molecule has 1 heterocycles. The first-order valence-corrected chi connectivity index (χ1v) is 6.81. The maximum atomic E-state index is 10.1. The number of aliphatic hydroxyl groups excluding tert-OH is 3. The summed E-state index contributed by atoms with van der Waals surface area (Å²) in [4.78, 5) is 0. The zero-order valence-electron chi connectivity index (χ0n) is 13.1. The van der Waals surface area contributed by atoms with Gasteiger partial charge in [-0.15, -0.1) is 0 Å². The third kappa shape index (κ3) is 3.95. The lowest BCUT2D eigenvalue weighted by Gasteiger charge is -2.40. The molecule has 0 amide bonds. The summed E-state index contributed by atoms with van der Waals surface area (Å²) in [5.74, 6) is -2.74. The second kappa shape index (κ2) is 5.45. The number of hydrogen-bond donors (Lipinski definition) is 5. The average molecular weight is 304 g/mol. The lowest BCUT2D eigenvalue weighted by atomic mass is 9.77. The van der Waals surface area contributed by atoms with Crippen LogP contribution in [0.25, 0.3) is 0 Å². The Morgan fingerprint density at radius 2 is 1.71 bits per heavy atom. The summed E-state index contributed by atoms with van der Waals surface area (Å²) >= 11 is 0. The zero-order valence-corrected chi connectivity index (χ0v) is 13.1. The van der Waals surface area contributed by atoms with Gasteiger partial charge in [-0.3, -0.25) is 0 Å². The lowest BCUT2D eigenvalue weighted by molar-refractivity contribution is -0.405. The molecule has 1 fully saturated rings. The van der Waals surface area contributed by atoms with Crippen LogP contribution in [0, 0.1) is 0 Å². The van der Waals surface area contributed by atoms with Gasteiger partial charge in [0, 0.05) is 6.42 Å². The molecule has 0 bridgehead atoms. The van der Waals surface area contributed by atoms with E-state index in [1.165, 1.54) is 27.7 Å². The first-order chi connectivity index (χ1) is 9.13. The molecule has 5 N–H and O–H groups in total. The molecule has 0 aromatic heterocycles. The summed E-state index contributed by atoms with van der Waals surface area (Å²) < 4.78 is 10.7. The van der Waals surface area contributed by atoms with E-state index in [2.05, 4.69) is 0 Å². The van der Waals surface area contributed by atoms with Gasteiger partial charge in [0.05, 0.1) is 16.7 Å². The van der Waals surface area contributed by atoms with Crippen molar-refractivity contribution >= 4 is 7.85 Å². The first-order valence-electron chi connectivity index (χ1n) is 6.81. The molecule has 8 heteroatoms. The van der Waals surface area contributed by atoms with Crippen LogP contribution in [-0.4, -0.2) is 74.4 Å². The third-order valence-electron chi connectivity index (χ3n) is 3.71. The maximum absolute atomic E-state index is 10.1. The van der Waals surface area contributed by atoms with Gasteiger partial charge in [-0.05, 0) is 34.6 Å². The van der Waals surface area contributed by atoms with E-state index in [0.717, 1.165) is 0 Å². The molecule has 1 saturated heterocycles. The van der Waals surface area contributed by atoms with Gasteiger partial charge in [-0.2, -0.15) is 0 Å². The summed E-state index contributed by atoms with van der Waals surface area (Å²) in [5.41, 5.74) is -3.86. The zero-order chi connectivity index (χ0) is 16.9. The van der Waals surface area contributed by atoms with Crippen molar-refractivity contribution < 1.29 is 35.0 Å². The molecule has 5 atom stereocenters. The van der Waals surface area contributed by atoms with E-state index in [-0.39, 0.29) is 6.42 Å². The molecule has 21 heavy (non-hydrogen) atoms. The van der Waals surface area contributed by atoms with Crippen LogP contribution in [0.4, 0.5) is 0 Å². The van der Waals surface area contributed by atoms with Gasteiger partial charge >= 0.3 is 5.97 Å². The fourth-order valence-electron chi connectivity index (χ4n) is 2.78. The van der Waals surface area contributed by atoms with Crippen molar-refractivity contribution in [2.75, 3.05) is 0 Å². The summed E-state index contributed by atoms with van der Waals surface area (Å²) in [7, 11) is 5.77. The summed E-state index contributed by atoms with van der Waals surface area (Å²) in [6.45, 7) is 7.23. The molecular formula is C13H25BO7. The Morgan fingerprint density at radius 1 is 1.24 bits per heavy atom. The highest BCUT2D eigenvalue weighted by Crippen LogP contribution is 2.42. The van der Waals surface area contributed by atoms with Crippen LogP contribution in [0.5, 0.6) is 0 Å². The van der Waals surface area contributed by atoms with Gasteiger partial charge < -0.3 is 35.0 Å². The van der Waals surface area contributed by atoms with E-state index in [0.29, 0.717) is 0 Å². The standard InChI is InChI=1S/C13H25BO7/c1-7(15)13(18,19)20-10(2,3)6-11(4)8(16)9(17)12(5,14)21-11/h7-9,15-19H,6H2,1-5H3. The second-order valence-corrected chi connectivity index (χ2v) is 6.86. The quantitative estimate of drug-likeness (QED) is 0.312. The molecule has 1 aliphatic heterocycles. The Morgan fingerprint density at radius 3 is 2.05 bits per heavy atom. The van der Waals surface area contributed by atoms with Crippen molar-refractivity contribution in [2.45, 2.75) is 82.0 Å². The van der Waals surface area contributed by atoms with Crippen LogP contribution in [0.1, 0.15) is 41.0 Å². The van der Waals surface area contributed by atoms with Gasteiger partial charge in [0.1, 0.15) is 26.2 Å². The van der Waals surface area contributed by atoms with Gasteiger partial charge in [-0.1, -0.05) is 0 Å². The average Bonchev–Trinajstić information content (AvgIpc) is 2.36. The molecule has 0 aromatic carbocycles. The van der Waals surface area contributed by atoms with Crippen molar-refractivity contribution in [3.05, 3.63) is 0 Å². The van der Waals surface area contributed by atoms with Gasteiger partial charge in [0.2, 0.25) is 0 Å². The van der Waals surface area contributed by atoms with Gasteiger partial charge in [0.15, 0.2) is 0 Å². The Balaban J connectivity index is 2.89. The van der Waals surface area contributed by atoms with Crippen LogP contribution in [0.15, 0.2) is 0 Å². The fourth-order valence-corrected chi connectivity index (χ4v) is 2.78. The minimum Gasteiger partial charge on any atom is -0.388 e. The van der Waals surface area contributed by atoms with Crippen molar-refractivity contribution in [1.82, 2.24) is 0 Å². The molecule has 1 rings (SSSR count). The number of hydrogen-bond acceptors (Lipinski definition) is 7. The summed E-state index contributed by atoms with van der Waals surface area (Å²) in [5, 5.41) is 48.5. The smallest absolute Gasteiger partial charge is 0.305 e. The SMILES string of the molecule is [B]C1(C)OC(C)(CC(C)(C)OC(O)(O)C(C)O)C(O)C1O. The minimum atomic E-state index is -2.74. The van der Waals surface area contributed by atoms with Gasteiger partial charge in [-0.25, -0.2) is 0 Å². The van der Waals surface area contributed by atoms with Crippen LogP contribution >= 0.6 is 0 Å². The molecule has 2 radical (unpaired) electrons. The van der Waals surface area contributed by atoms with E-state index in [9.17, 15) is 25.5 Å². The third-order valence-corrected chi connectivity index (χ3v) is 3.71. The monoisotopic (exact) mass is 304 g/mol. The Hall–Kier alpha value is -0.215. The van der Waals surface area contributed by atoms with Crippen molar-refractivity contribution in [2.24, 2.45) is 0 Å². The Labute approximate surface area is 125 Å². The number of ether oxygens (including phenoxy) is 2. The topological polar surface area (TPSA) is 120 Å². The molecule has 0 spiro atoms. The van der Waals surface area contributed by atoms with E-state index in [1.54, 1.807) is 6.92 Å². The predicted octanol–water partition coefficient (Wildman–Crippen LogP) is -1.41. The van der Waals surface area contributed by atoms with Crippen LogP contribution < -0.4 is 0 Å². The van der Waals surface area contributed by atoms with E-state index in [1.807, 2.05) is 0 Å². The normalized spacial score (nSPS) is 39.5. The molecule has 7 nitrogen and oxygen atoms in total. The van der Waals surface area contributed by atoms with Crippen molar-refractivity contribution in [3.63, 3.8) is 0 Å². The van der Waals surface area contributed by atoms with Crippen LogP contribution in [0.2, 0.25) is 0 Å². The van der Waals surface area contributed by atoms with Crippen LogP contribution in [0.3, 0.4) is 0 Å². The van der Waals surface area contributed by atoms with E-state index in [4.69, 9.17) is 17.3 Å². The molecule has 5 unspecified atom stereocenters. The summed E-state index contributed by atoms with van der Waals surface area (Å²) in [6.07, 6.45) is -4.10. The molecule has 122 valence electrons. The largest absolute Gasteiger partial charge is 0.388 e. The van der Waals surface area contributed by atoms with Crippen molar-refractivity contribution in [3.8, 4) is 0 Å². The molecule has 0 aliphatic carbocycles. The van der Waals surface area contributed by atoms with E-state index >= 15 is 0 Å². The number of aliphatic hydroxyl groups is 5. The van der Waals surface area contributed by atoms with Gasteiger partial charge in [0.25, 0.3) is 0 Å². The highest BCUT2D eigenvalue weighted by Gasteiger charge is 2.57. The van der Waals surface area contributed by atoms with E-state index < -0.39 is 41.0 Å². The lowest BCUT2D eigenvalue weighted by Crippen LogP contribution is -2.53. The Kier molecular flexibility index (Phi) is 4.89. The molecule has 1 aliphatic rings. The molecule has 0 saturated carbocycles. The van der Waals surface area contributed by atoms with Crippen molar-refractivity contribution in [1.29, 1.82) is 0 Å². The minimum absolute atomic E-state index is 0.000602. The first kappa shape index (κ1) is 18.8.